The fraction of sp³-hybridized carbons (Fsp3) is 0.500. The highest BCUT2D eigenvalue weighted by atomic mass is 35.5. The minimum atomic E-state index is -0.700. The van der Waals surface area contributed by atoms with Crippen LogP contribution in [0.15, 0.2) is 35.0 Å². The van der Waals surface area contributed by atoms with Crippen molar-refractivity contribution in [2.75, 3.05) is 11.9 Å². The Labute approximate surface area is 151 Å². The maximum absolute atomic E-state index is 13.4. The second-order valence-corrected chi connectivity index (χ2v) is 6.84. The third-order valence-corrected chi connectivity index (χ3v) is 4.62. The quantitative estimate of drug-likeness (QED) is 0.859. The lowest BCUT2D eigenvalue weighted by molar-refractivity contribution is -0.112. The van der Waals surface area contributed by atoms with Crippen molar-refractivity contribution in [1.29, 1.82) is 0 Å². The molecule has 25 heavy (non-hydrogen) atoms. The van der Waals surface area contributed by atoms with E-state index in [1.165, 1.54) is 12.4 Å². The molecule has 2 heterocycles. The van der Waals surface area contributed by atoms with Crippen molar-refractivity contribution in [2.45, 2.75) is 44.5 Å². The Bertz CT molecular complexity index is 663. The Hall–Kier alpha value is -1.79. The largest absolute Gasteiger partial charge is 0.356 e. The van der Waals surface area contributed by atoms with Gasteiger partial charge in [0.1, 0.15) is 12.0 Å². The SMILES string of the molecule is O=C(Nc1ccc(Cl)cn1)C1=CCC(OCC2CCCC(F)C2)N=C1. The number of aromatic nitrogens is 1. The van der Waals surface area contributed by atoms with Crippen LogP contribution < -0.4 is 5.32 Å². The molecular formula is C18H21ClFN3O2. The normalized spacial score (nSPS) is 26.2. The first-order valence-electron chi connectivity index (χ1n) is 8.52. The van der Waals surface area contributed by atoms with Crippen molar-refractivity contribution in [1.82, 2.24) is 4.98 Å². The number of aliphatic imine (C=N–C) groups is 1. The number of alkyl halides is 1. The maximum Gasteiger partial charge on any atom is 0.258 e. The van der Waals surface area contributed by atoms with E-state index >= 15 is 0 Å². The number of nitrogens with one attached hydrogen (secondary N) is 1. The fourth-order valence-electron chi connectivity index (χ4n) is 3.03. The van der Waals surface area contributed by atoms with E-state index in [0.29, 0.717) is 42.3 Å². The highest BCUT2D eigenvalue weighted by Crippen LogP contribution is 2.27. The molecule has 3 rings (SSSR count). The topological polar surface area (TPSA) is 63.6 Å². The second kappa shape index (κ2) is 8.54. The summed E-state index contributed by atoms with van der Waals surface area (Å²) in [6.45, 7) is 0.520. The van der Waals surface area contributed by atoms with Gasteiger partial charge >= 0.3 is 0 Å². The Kier molecular flexibility index (Phi) is 6.15. The standard InChI is InChI=1S/C18H21ClFN3O2/c19-14-5-6-16(21-10-14)23-18(24)13-4-7-17(22-9-13)25-11-12-2-1-3-15(20)8-12/h4-6,9-10,12,15,17H,1-3,7-8,11H2,(H,21,23,24). The molecular weight excluding hydrogens is 345 g/mol. The van der Waals surface area contributed by atoms with Gasteiger partial charge in [0.2, 0.25) is 0 Å². The molecule has 0 saturated heterocycles. The van der Waals surface area contributed by atoms with Gasteiger partial charge in [-0.3, -0.25) is 9.79 Å². The van der Waals surface area contributed by atoms with Gasteiger partial charge in [0.05, 0.1) is 17.2 Å². The molecule has 1 N–H and O–H groups in total. The molecule has 0 bridgehead atoms. The maximum atomic E-state index is 13.4. The summed E-state index contributed by atoms with van der Waals surface area (Å²) in [6, 6.07) is 3.29. The van der Waals surface area contributed by atoms with Crippen LogP contribution in [0.1, 0.15) is 32.1 Å². The summed E-state index contributed by atoms with van der Waals surface area (Å²) < 4.78 is 19.2. The molecule has 1 aliphatic heterocycles. The molecule has 1 saturated carbocycles. The monoisotopic (exact) mass is 365 g/mol. The lowest BCUT2D eigenvalue weighted by atomic mass is 9.89. The first kappa shape index (κ1) is 18.0. The molecule has 0 radical (unpaired) electrons. The van der Waals surface area contributed by atoms with E-state index in [-0.39, 0.29) is 18.1 Å². The number of carbonyl (C=O) groups is 1. The molecule has 1 fully saturated rings. The van der Waals surface area contributed by atoms with Crippen LogP contribution in [0, 0.1) is 5.92 Å². The number of hydrogen-bond donors (Lipinski definition) is 1. The number of carbonyl (C=O) groups excluding carboxylic acids is 1. The van der Waals surface area contributed by atoms with E-state index in [1.54, 1.807) is 18.2 Å². The Morgan fingerprint density at radius 1 is 1.40 bits per heavy atom. The van der Waals surface area contributed by atoms with Crippen LogP contribution in [-0.2, 0) is 9.53 Å². The number of amides is 1. The Balaban J connectivity index is 1.45. The van der Waals surface area contributed by atoms with Crippen LogP contribution in [0.25, 0.3) is 0 Å². The molecule has 0 spiro atoms. The van der Waals surface area contributed by atoms with E-state index in [4.69, 9.17) is 16.3 Å². The number of ether oxygens (including phenoxy) is 1. The van der Waals surface area contributed by atoms with E-state index in [0.717, 1.165) is 12.8 Å². The fourth-order valence-corrected chi connectivity index (χ4v) is 3.14. The molecule has 0 aromatic carbocycles. The third-order valence-electron chi connectivity index (χ3n) is 4.39. The lowest BCUT2D eigenvalue weighted by Gasteiger charge is -2.26. The van der Waals surface area contributed by atoms with Crippen molar-refractivity contribution in [3.8, 4) is 0 Å². The summed E-state index contributed by atoms with van der Waals surface area (Å²) >= 11 is 5.76. The number of halogens is 2. The molecule has 1 amide bonds. The number of nitrogens with zero attached hydrogens (tertiary/aromatic N) is 2. The van der Waals surface area contributed by atoms with E-state index < -0.39 is 6.17 Å². The average molecular weight is 366 g/mol. The number of hydrogen-bond acceptors (Lipinski definition) is 4. The summed E-state index contributed by atoms with van der Waals surface area (Å²) in [5, 5.41) is 3.20. The second-order valence-electron chi connectivity index (χ2n) is 6.41. The van der Waals surface area contributed by atoms with Crippen molar-refractivity contribution in [3.63, 3.8) is 0 Å². The molecule has 1 aliphatic carbocycles. The molecule has 1 aromatic rings. The Morgan fingerprint density at radius 3 is 2.96 bits per heavy atom. The zero-order valence-corrected chi connectivity index (χ0v) is 14.6. The van der Waals surface area contributed by atoms with E-state index in [2.05, 4.69) is 15.3 Å². The highest BCUT2D eigenvalue weighted by molar-refractivity contribution is 6.30. The van der Waals surface area contributed by atoms with Crippen molar-refractivity contribution < 1.29 is 13.9 Å². The van der Waals surface area contributed by atoms with Gasteiger partial charge in [0, 0.05) is 18.8 Å². The summed E-state index contributed by atoms with van der Waals surface area (Å²) in [5.74, 6) is 0.424. The van der Waals surface area contributed by atoms with Gasteiger partial charge in [0.15, 0.2) is 6.23 Å². The number of rotatable bonds is 5. The summed E-state index contributed by atoms with van der Waals surface area (Å²) in [7, 11) is 0. The predicted octanol–water partition coefficient (Wildman–Crippen LogP) is 3.95. The molecule has 1 aromatic heterocycles. The van der Waals surface area contributed by atoms with Crippen LogP contribution in [0.3, 0.4) is 0 Å². The molecule has 5 nitrogen and oxygen atoms in total. The third kappa shape index (κ3) is 5.34. The molecule has 2 aliphatic rings. The number of anilines is 1. The number of dihydropyridines is 1. The summed E-state index contributed by atoms with van der Waals surface area (Å²) in [5.41, 5.74) is 0.470. The Morgan fingerprint density at radius 2 is 2.28 bits per heavy atom. The van der Waals surface area contributed by atoms with Crippen molar-refractivity contribution in [3.05, 3.63) is 35.0 Å². The minimum Gasteiger partial charge on any atom is -0.356 e. The van der Waals surface area contributed by atoms with Gasteiger partial charge in [-0.2, -0.15) is 0 Å². The van der Waals surface area contributed by atoms with Crippen LogP contribution in [0.2, 0.25) is 5.02 Å². The van der Waals surface area contributed by atoms with Crippen molar-refractivity contribution >= 4 is 29.5 Å². The predicted molar refractivity (Wildman–Crippen MR) is 95.7 cm³/mol. The zero-order valence-electron chi connectivity index (χ0n) is 13.8. The van der Waals surface area contributed by atoms with Gasteiger partial charge in [-0.25, -0.2) is 9.37 Å². The summed E-state index contributed by atoms with van der Waals surface area (Å²) in [6.07, 6.45) is 7.48. The van der Waals surface area contributed by atoms with Crippen LogP contribution in [0.5, 0.6) is 0 Å². The molecule has 3 atom stereocenters. The van der Waals surface area contributed by atoms with Crippen LogP contribution in [0.4, 0.5) is 10.2 Å². The number of pyridine rings is 1. The first-order valence-corrected chi connectivity index (χ1v) is 8.90. The highest BCUT2D eigenvalue weighted by Gasteiger charge is 2.23. The van der Waals surface area contributed by atoms with Crippen LogP contribution in [-0.4, -0.2) is 36.1 Å². The first-order chi connectivity index (χ1) is 12.1. The summed E-state index contributed by atoms with van der Waals surface area (Å²) in [4.78, 5) is 20.5. The van der Waals surface area contributed by atoms with Gasteiger partial charge in [-0.1, -0.05) is 24.1 Å². The molecule has 134 valence electrons. The van der Waals surface area contributed by atoms with Gasteiger partial charge in [-0.15, -0.1) is 0 Å². The lowest BCUT2D eigenvalue weighted by Crippen LogP contribution is -2.25. The zero-order chi connectivity index (χ0) is 17.6. The van der Waals surface area contributed by atoms with E-state index in [9.17, 15) is 9.18 Å². The average Bonchev–Trinajstić information content (AvgIpc) is 2.62. The van der Waals surface area contributed by atoms with Crippen LogP contribution >= 0.6 is 11.6 Å². The van der Waals surface area contributed by atoms with Gasteiger partial charge in [-0.05, 0) is 37.3 Å². The molecule has 7 heteroatoms. The minimum absolute atomic E-state index is 0.267. The van der Waals surface area contributed by atoms with Crippen molar-refractivity contribution in [2.24, 2.45) is 10.9 Å². The van der Waals surface area contributed by atoms with Gasteiger partial charge in [0.25, 0.3) is 5.91 Å². The van der Waals surface area contributed by atoms with Gasteiger partial charge < -0.3 is 10.1 Å². The van der Waals surface area contributed by atoms with E-state index in [1.807, 2.05) is 0 Å². The molecule has 3 unspecified atom stereocenters. The smallest absolute Gasteiger partial charge is 0.258 e.